The molecule has 3 heterocycles. The number of hydrogen-bond acceptors (Lipinski definition) is 8. The minimum absolute atomic E-state index is 0.121. The molecule has 0 unspecified atom stereocenters. The first-order valence-electron chi connectivity index (χ1n) is 11.3. The van der Waals surface area contributed by atoms with E-state index in [2.05, 4.69) is 37.5 Å². The first-order chi connectivity index (χ1) is 17.0. The Morgan fingerprint density at radius 1 is 1.03 bits per heavy atom. The fourth-order valence-corrected chi connectivity index (χ4v) is 4.13. The Bertz CT molecular complexity index is 1380. The number of anilines is 3. The number of amides is 1. The van der Waals surface area contributed by atoms with Crippen molar-refractivity contribution in [2.75, 3.05) is 43.5 Å². The molecule has 5 rings (SSSR count). The summed E-state index contributed by atoms with van der Waals surface area (Å²) >= 11 is 0. The van der Waals surface area contributed by atoms with Crippen LogP contribution in [-0.4, -0.2) is 70.2 Å². The van der Waals surface area contributed by atoms with E-state index in [1.807, 2.05) is 23.1 Å². The number of benzene rings is 2. The maximum atomic E-state index is 12.0. The summed E-state index contributed by atoms with van der Waals surface area (Å²) in [5.74, 6) is 0.744. The van der Waals surface area contributed by atoms with Crippen molar-refractivity contribution in [1.29, 1.82) is 0 Å². The summed E-state index contributed by atoms with van der Waals surface area (Å²) in [6.07, 6.45) is 1.64. The van der Waals surface area contributed by atoms with Gasteiger partial charge in [0.25, 0.3) is 0 Å². The van der Waals surface area contributed by atoms with E-state index in [0.29, 0.717) is 33.8 Å². The summed E-state index contributed by atoms with van der Waals surface area (Å²) in [4.78, 5) is 37.0. The molecule has 0 radical (unpaired) electrons. The van der Waals surface area contributed by atoms with E-state index in [1.54, 1.807) is 31.3 Å². The molecule has 0 aliphatic carbocycles. The molecule has 35 heavy (non-hydrogen) atoms. The molecule has 2 aromatic heterocycles. The molecular weight excluding hydrogens is 446 g/mol. The van der Waals surface area contributed by atoms with Crippen molar-refractivity contribution in [2.45, 2.75) is 6.92 Å². The van der Waals surface area contributed by atoms with Crippen LogP contribution in [-0.2, 0) is 9.53 Å². The molecule has 0 spiro atoms. The molecular formula is C25H25N7O3. The van der Waals surface area contributed by atoms with Gasteiger partial charge in [-0.3, -0.25) is 9.89 Å². The third-order valence-corrected chi connectivity index (χ3v) is 6.06. The summed E-state index contributed by atoms with van der Waals surface area (Å²) in [6, 6.07) is 15.1. The highest BCUT2D eigenvalue weighted by molar-refractivity contribution is 5.92. The normalized spacial score (nSPS) is 13.7. The SMILES string of the molecule is COC(=O)c1cccc(-c2nc(Nc3ccc(N4CCN(C(C)=O)CC4)cc3)c3[nH]ncc3n2)c1. The molecule has 10 heteroatoms. The lowest BCUT2D eigenvalue weighted by Gasteiger charge is -2.35. The second-order valence-electron chi connectivity index (χ2n) is 8.26. The fourth-order valence-electron chi connectivity index (χ4n) is 4.13. The average molecular weight is 472 g/mol. The van der Waals surface area contributed by atoms with Gasteiger partial charge in [0, 0.05) is 50.0 Å². The zero-order valence-electron chi connectivity index (χ0n) is 19.5. The second-order valence-corrected chi connectivity index (χ2v) is 8.26. The highest BCUT2D eigenvalue weighted by atomic mass is 16.5. The van der Waals surface area contributed by atoms with Gasteiger partial charge in [-0.25, -0.2) is 14.8 Å². The van der Waals surface area contributed by atoms with Crippen molar-refractivity contribution in [3.8, 4) is 11.4 Å². The molecule has 178 valence electrons. The van der Waals surface area contributed by atoms with Gasteiger partial charge in [-0.2, -0.15) is 5.10 Å². The molecule has 0 saturated carbocycles. The van der Waals surface area contributed by atoms with Gasteiger partial charge in [0.2, 0.25) is 5.91 Å². The Morgan fingerprint density at radius 2 is 1.80 bits per heavy atom. The van der Waals surface area contributed by atoms with E-state index < -0.39 is 5.97 Å². The lowest BCUT2D eigenvalue weighted by Crippen LogP contribution is -2.48. The fraction of sp³-hybridized carbons (Fsp3) is 0.240. The molecule has 2 aromatic carbocycles. The van der Waals surface area contributed by atoms with Crippen molar-refractivity contribution in [2.24, 2.45) is 0 Å². The van der Waals surface area contributed by atoms with Gasteiger partial charge in [-0.15, -0.1) is 0 Å². The molecule has 0 bridgehead atoms. The van der Waals surface area contributed by atoms with Gasteiger partial charge >= 0.3 is 5.97 Å². The molecule has 1 amide bonds. The largest absolute Gasteiger partial charge is 0.465 e. The molecule has 1 fully saturated rings. The molecule has 2 N–H and O–H groups in total. The Labute approximate surface area is 201 Å². The predicted molar refractivity (Wildman–Crippen MR) is 133 cm³/mol. The number of nitrogens with zero attached hydrogens (tertiary/aromatic N) is 5. The number of aromatic amines is 1. The zero-order chi connectivity index (χ0) is 24.4. The summed E-state index contributed by atoms with van der Waals surface area (Å²) in [6.45, 7) is 4.69. The van der Waals surface area contributed by atoms with E-state index >= 15 is 0 Å². The lowest BCUT2D eigenvalue weighted by molar-refractivity contribution is -0.129. The Hall–Kier alpha value is -4.47. The number of rotatable bonds is 5. The summed E-state index contributed by atoms with van der Waals surface area (Å²) < 4.78 is 4.83. The van der Waals surface area contributed by atoms with Crippen LogP contribution in [0.15, 0.2) is 54.7 Å². The highest BCUT2D eigenvalue weighted by Crippen LogP contribution is 2.28. The van der Waals surface area contributed by atoms with Crippen molar-refractivity contribution < 1.29 is 14.3 Å². The predicted octanol–water partition coefficient (Wildman–Crippen LogP) is 3.22. The third-order valence-electron chi connectivity index (χ3n) is 6.06. The van der Waals surface area contributed by atoms with E-state index in [1.165, 1.54) is 7.11 Å². The van der Waals surface area contributed by atoms with Crippen LogP contribution in [0.1, 0.15) is 17.3 Å². The first-order valence-corrected chi connectivity index (χ1v) is 11.3. The topological polar surface area (TPSA) is 116 Å². The van der Waals surface area contributed by atoms with Crippen molar-refractivity contribution in [3.63, 3.8) is 0 Å². The van der Waals surface area contributed by atoms with Crippen LogP contribution in [0.3, 0.4) is 0 Å². The van der Waals surface area contributed by atoms with Crippen LogP contribution >= 0.6 is 0 Å². The maximum absolute atomic E-state index is 12.0. The van der Waals surface area contributed by atoms with Crippen molar-refractivity contribution >= 4 is 40.1 Å². The minimum atomic E-state index is -0.419. The molecule has 1 aliphatic heterocycles. The van der Waals surface area contributed by atoms with Crippen LogP contribution in [0.2, 0.25) is 0 Å². The van der Waals surface area contributed by atoms with Crippen molar-refractivity contribution in [1.82, 2.24) is 25.1 Å². The number of carbonyl (C=O) groups is 2. The van der Waals surface area contributed by atoms with Gasteiger partial charge in [0.05, 0.1) is 18.9 Å². The van der Waals surface area contributed by atoms with Gasteiger partial charge < -0.3 is 19.9 Å². The molecule has 0 atom stereocenters. The zero-order valence-corrected chi connectivity index (χ0v) is 19.5. The van der Waals surface area contributed by atoms with Gasteiger partial charge in [-0.05, 0) is 36.4 Å². The first kappa shape index (κ1) is 22.3. The minimum Gasteiger partial charge on any atom is -0.465 e. The number of methoxy groups -OCH3 is 1. The van der Waals surface area contributed by atoms with E-state index in [0.717, 1.165) is 37.6 Å². The van der Waals surface area contributed by atoms with Gasteiger partial charge in [0.15, 0.2) is 11.6 Å². The van der Waals surface area contributed by atoms with Gasteiger partial charge in [-0.1, -0.05) is 12.1 Å². The Morgan fingerprint density at radius 3 is 2.51 bits per heavy atom. The van der Waals surface area contributed by atoms with Crippen molar-refractivity contribution in [3.05, 3.63) is 60.3 Å². The van der Waals surface area contributed by atoms with Crippen LogP contribution in [0.25, 0.3) is 22.4 Å². The maximum Gasteiger partial charge on any atom is 0.337 e. The number of fused-ring (bicyclic) bond motifs is 1. The Balaban J connectivity index is 1.38. The Kier molecular flexibility index (Phi) is 6.01. The summed E-state index contributed by atoms with van der Waals surface area (Å²) in [7, 11) is 1.35. The van der Waals surface area contributed by atoms with E-state index in [4.69, 9.17) is 9.72 Å². The highest BCUT2D eigenvalue weighted by Gasteiger charge is 2.19. The number of ether oxygens (including phenoxy) is 1. The standard InChI is InChI=1S/C25H25N7O3/c1-16(33)31-10-12-32(13-11-31)20-8-6-19(7-9-20)27-24-22-21(15-26-30-22)28-23(29-24)17-4-3-5-18(14-17)25(34)35-2/h3-9,14-15H,10-13H2,1-2H3,(H,26,30)(H,27,28,29). The second kappa shape index (κ2) is 9.41. The molecule has 4 aromatic rings. The molecule has 10 nitrogen and oxygen atoms in total. The number of H-pyrrole nitrogens is 1. The third kappa shape index (κ3) is 4.63. The number of piperazine rings is 1. The van der Waals surface area contributed by atoms with Crippen LogP contribution in [0.5, 0.6) is 0 Å². The number of esters is 1. The lowest BCUT2D eigenvalue weighted by atomic mass is 10.1. The number of nitrogens with one attached hydrogen (secondary N) is 2. The monoisotopic (exact) mass is 471 g/mol. The van der Waals surface area contributed by atoms with Crippen LogP contribution in [0.4, 0.5) is 17.2 Å². The van der Waals surface area contributed by atoms with Crippen LogP contribution < -0.4 is 10.2 Å². The smallest absolute Gasteiger partial charge is 0.337 e. The quantitative estimate of drug-likeness (QED) is 0.426. The summed E-state index contributed by atoms with van der Waals surface area (Å²) in [5, 5.41) is 10.4. The van der Waals surface area contributed by atoms with Crippen LogP contribution in [0, 0.1) is 0 Å². The summed E-state index contributed by atoms with van der Waals surface area (Å²) in [5.41, 5.74) is 4.42. The van der Waals surface area contributed by atoms with E-state index in [-0.39, 0.29) is 5.91 Å². The average Bonchev–Trinajstić information content (AvgIpc) is 3.38. The van der Waals surface area contributed by atoms with Gasteiger partial charge in [0.1, 0.15) is 11.0 Å². The number of hydrogen-bond donors (Lipinski definition) is 2. The molecule has 1 saturated heterocycles. The van der Waals surface area contributed by atoms with E-state index in [9.17, 15) is 9.59 Å². The number of carbonyl (C=O) groups excluding carboxylic acids is 2. The number of aromatic nitrogens is 4. The molecule has 1 aliphatic rings.